The predicted molar refractivity (Wildman–Crippen MR) is 64.5 cm³/mol. The molecule has 0 aromatic heterocycles. The van der Waals surface area contributed by atoms with E-state index in [0.717, 1.165) is 12.5 Å². The summed E-state index contributed by atoms with van der Waals surface area (Å²) in [4.78, 5) is 11.5. The molecule has 5 heteroatoms. The number of carbonyl (C=O) groups excluding carboxylic acids is 1. The molecule has 1 atom stereocenters. The molecule has 1 aromatic carbocycles. The first kappa shape index (κ1) is 14.0. The molecule has 18 heavy (non-hydrogen) atoms. The quantitative estimate of drug-likeness (QED) is 0.869. The van der Waals surface area contributed by atoms with Crippen molar-refractivity contribution in [2.45, 2.75) is 26.4 Å². The maximum absolute atomic E-state index is 13.5. The molecule has 0 aliphatic rings. The van der Waals surface area contributed by atoms with Crippen molar-refractivity contribution in [1.82, 2.24) is 5.32 Å². The lowest BCUT2D eigenvalue weighted by molar-refractivity contribution is -0.127. The zero-order valence-corrected chi connectivity index (χ0v) is 10.4. The third kappa shape index (κ3) is 3.74. The summed E-state index contributed by atoms with van der Waals surface area (Å²) in [5, 5.41) is 11.3. The van der Waals surface area contributed by atoms with Crippen molar-refractivity contribution in [1.29, 1.82) is 5.26 Å². The van der Waals surface area contributed by atoms with Gasteiger partial charge in [-0.3, -0.25) is 4.79 Å². The zero-order chi connectivity index (χ0) is 13.5. The predicted octanol–water partition coefficient (Wildman–Crippen LogP) is 1.99. The van der Waals surface area contributed by atoms with Crippen LogP contribution >= 0.6 is 0 Å². The van der Waals surface area contributed by atoms with Crippen LogP contribution in [0.3, 0.4) is 0 Å². The smallest absolute Gasteiger partial charge is 0.260 e. The van der Waals surface area contributed by atoms with E-state index in [9.17, 15) is 9.18 Å². The van der Waals surface area contributed by atoms with Crippen LogP contribution in [0.1, 0.15) is 25.8 Å². The van der Waals surface area contributed by atoms with Crippen molar-refractivity contribution in [3.8, 4) is 11.8 Å². The van der Waals surface area contributed by atoms with Crippen LogP contribution in [0.15, 0.2) is 18.2 Å². The van der Waals surface area contributed by atoms with Gasteiger partial charge < -0.3 is 10.1 Å². The number of amides is 1. The first-order valence-electron chi connectivity index (χ1n) is 5.72. The molecule has 0 saturated heterocycles. The third-order valence-electron chi connectivity index (χ3n) is 2.28. The van der Waals surface area contributed by atoms with E-state index in [1.54, 1.807) is 6.92 Å². The highest BCUT2D eigenvalue weighted by molar-refractivity contribution is 5.80. The van der Waals surface area contributed by atoms with Crippen molar-refractivity contribution in [2.24, 2.45) is 0 Å². The number of halogens is 1. The van der Waals surface area contributed by atoms with Crippen molar-refractivity contribution in [3.05, 3.63) is 29.6 Å². The van der Waals surface area contributed by atoms with E-state index in [-0.39, 0.29) is 17.2 Å². The lowest BCUT2D eigenvalue weighted by Crippen LogP contribution is -2.36. The molecule has 0 saturated carbocycles. The Kier molecular flexibility index (Phi) is 5.12. The van der Waals surface area contributed by atoms with Crippen LogP contribution in [-0.4, -0.2) is 18.6 Å². The fraction of sp³-hybridized carbons (Fsp3) is 0.385. The lowest BCUT2D eigenvalue weighted by Gasteiger charge is -2.14. The molecule has 0 radical (unpaired) electrons. The van der Waals surface area contributed by atoms with Gasteiger partial charge in [-0.25, -0.2) is 4.39 Å². The van der Waals surface area contributed by atoms with Crippen LogP contribution in [0, 0.1) is 17.1 Å². The highest BCUT2D eigenvalue weighted by Gasteiger charge is 2.16. The van der Waals surface area contributed by atoms with Gasteiger partial charge in [0.05, 0.1) is 11.6 Å². The van der Waals surface area contributed by atoms with Gasteiger partial charge in [0.15, 0.2) is 17.7 Å². The third-order valence-corrected chi connectivity index (χ3v) is 2.28. The summed E-state index contributed by atoms with van der Waals surface area (Å²) in [7, 11) is 0. The van der Waals surface area contributed by atoms with E-state index in [4.69, 9.17) is 10.00 Å². The van der Waals surface area contributed by atoms with Gasteiger partial charge in [-0.15, -0.1) is 0 Å². The average Bonchev–Trinajstić information content (AvgIpc) is 2.38. The zero-order valence-electron chi connectivity index (χ0n) is 10.4. The van der Waals surface area contributed by atoms with Gasteiger partial charge in [0, 0.05) is 6.54 Å². The summed E-state index contributed by atoms with van der Waals surface area (Å²) in [5.41, 5.74) is 0.211. The van der Waals surface area contributed by atoms with E-state index in [2.05, 4.69) is 5.32 Å². The Morgan fingerprint density at radius 2 is 2.33 bits per heavy atom. The van der Waals surface area contributed by atoms with E-state index in [0.29, 0.717) is 6.54 Å². The van der Waals surface area contributed by atoms with Crippen LogP contribution in [-0.2, 0) is 4.79 Å². The summed E-state index contributed by atoms with van der Waals surface area (Å²) in [5.74, 6) is -0.974. The molecule has 0 bridgehead atoms. The van der Waals surface area contributed by atoms with E-state index in [1.165, 1.54) is 12.1 Å². The summed E-state index contributed by atoms with van der Waals surface area (Å²) >= 11 is 0. The summed E-state index contributed by atoms with van der Waals surface area (Å²) < 4.78 is 18.7. The van der Waals surface area contributed by atoms with Crippen LogP contribution in [0.2, 0.25) is 0 Å². The highest BCUT2D eigenvalue weighted by atomic mass is 19.1. The first-order valence-corrected chi connectivity index (χ1v) is 5.72. The minimum Gasteiger partial charge on any atom is -0.478 e. The second-order valence-corrected chi connectivity index (χ2v) is 3.81. The SMILES string of the molecule is CCCNC(=O)C(C)Oc1ccc(C#N)cc1F. The number of ether oxygens (including phenoxy) is 1. The number of hydrogen-bond donors (Lipinski definition) is 1. The molecule has 0 spiro atoms. The Morgan fingerprint density at radius 1 is 1.61 bits per heavy atom. The normalized spacial score (nSPS) is 11.4. The van der Waals surface area contributed by atoms with Crippen molar-refractivity contribution in [2.75, 3.05) is 6.54 Å². The molecular formula is C13H15FN2O2. The standard InChI is InChI=1S/C13H15FN2O2/c1-3-6-16-13(17)9(2)18-12-5-4-10(8-15)7-11(12)14/h4-5,7,9H,3,6H2,1-2H3,(H,16,17). The minimum absolute atomic E-state index is 0.0341. The number of nitrogens with zero attached hydrogens (tertiary/aromatic N) is 1. The van der Waals surface area contributed by atoms with Gasteiger partial charge >= 0.3 is 0 Å². The van der Waals surface area contributed by atoms with E-state index < -0.39 is 11.9 Å². The second-order valence-electron chi connectivity index (χ2n) is 3.81. The number of carbonyl (C=O) groups is 1. The Labute approximate surface area is 105 Å². The summed E-state index contributed by atoms with van der Waals surface area (Å²) in [6, 6.07) is 5.68. The molecule has 0 heterocycles. The van der Waals surface area contributed by atoms with Gasteiger partial charge in [-0.05, 0) is 31.5 Å². The van der Waals surface area contributed by atoms with Gasteiger partial charge in [0.25, 0.3) is 5.91 Å². The first-order chi connectivity index (χ1) is 8.58. The molecule has 1 aromatic rings. The number of nitrogens with one attached hydrogen (secondary N) is 1. The molecule has 1 amide bonds. The van der Waals surface area contributed by atoms with Gasteiger partial charge in [-0.2, -0.15) is 5.26 Å². The molecule has 0 aliphatic carbocycles. The molecule has 0 aliphatic heterocycles. The highest BCUT2D eigenvalue weighted by Crippen LogP contribution is 2.19. The maximum atomic E-state index is 13.5. The number of nitriles is 1. The topological polar surface area (TPSA) is 62.1 Å². The molecule has 1 rings (SSSR count). The average molecular weight is 250 g/mol. The van der Waals surface area contributed by atoms with Gasteiger partial charge in [0.1, 0.15) is 0 Å². The Morgan fingerprint density at radius 3 is 2.89 bits per heavy atom. The molecule has 96 valence electrons. The number of hydrogen-bond acceptors (Lipinski definition) is 3. The molecule has 0 fully saturated rings. The number of rotatable bonds is 5. The second kappa shape index (κ2) is 6.60. The maximum Gasteiger partial charge on any atom is 0.260 e. The number of benzene rings is 1. The molecule has 1 unspecified atom stereocenters. The Bertz CT molecular complexity index is 469. The van der Waals surface area contributed by atoms with Crippen LogP contribution in [0.25, 0.3) is 0 Å². The van der Waals surface area contributed by atoms with E-state index in [1.807, 2.05) is 13.0 Å². The summed E-state index contributed by atoms with van der Waals surface area (Å²) in [6.45, 7) is 4.04. The molecular weight excluding hydrogens is 235 g/mol. The van der Waals surface area contributed by atoms with Crippen molar-refractivity contribution < 1.29 is 13.9 Å². The minimum atomic E-state index is -0.779. The van der Waals surface area contributed by atoms with Crippen LogP contribution in [0.4, 0.5) is 4.39 Å². The summed E-state index contributed by atoms with van der Waals surface area (Å²) in [6.07, 6.45) is 0.0444. The Hall–Kier alpha value is -2.09. The largest absolute Gasteiger partial charge is 0.478 e. The van der Waals surface area contributed by atoms with Crippen LogP contribution in [0.5, 0.6) is 5.75 Å². The lowest BCUT2D eigenvalue weighted by atomic mass is 10.2. The molecule has 4 nitrogen and oxygen atoms in total. The van der Waals surface area contributed by atoms with Crippen molar-refractivity contribution in [3.63, 3.8) is 0 Å². The van der Waals surface area contributed by atoms with Gasteiger partial charge in [-0.1, -0.05) is 6.92 Å². The van der Waals surface area contributed by atoms with Gasteiger partial charge in [0.2, 0.25) is 0 Å². The fourth-order valence-corrected chi connectivity index (χ4v) is 1.30. The monoisotopic (exact) mass is 250 g/mol. The van der Waals surface area contributed by atoms with Crippen molar-refractivity contribution >= 4 is 5.91 Å². The van der Waals surface area contributed by atoms with E-state index >= 15 is 0 Å². The Balaban J connectivity index is 2.67. The van der Waals surface area contributed by atoms with Crippen LogP contribution < -0.4 is 10.1 Å². The molecule has 1 N–H and O–H groups in total. The fourth-order valence-electron chi connectivity index (χ4n) is 1.30.